The molecule has 0 bridgehead atoms. The van der Waals surface area contributed by atoms with Crippen LogP contribution < -0.4 is 9.80 Å². The minimum absolute atomic E-state index is 0.493. The third-order valence-corrected chi connectivity index (χ3v) is 8.61. The maximum absolute atomic E-state index is 5.79. The van der Waals surface area contributed by atoms with Gasteiger partial charge < -0.3 is 0 Å². The molecule has 2 nitrogen and oxygen atoms in total. The number of anilines is 2. The maximum atomic E-state index is 5.79. The predicted octanol–water partition coefficient (Wildman–Crippen LogP) is 10.2. The first-order valence-electron chi connectivity index (χ1n) is 14.5. The Hall–Kier alpha value is -2.31. The van der Waals surface area contributed by atoms with Crippen LogP contribution in [0.15, 0.2) is 72.8 Å². The van der Waals surface area contributed by atoms with Crippen LogP contribution in [0.3, 0.4) is 0 Å². The van der Waals surface area contributed by atoms with Gasteiger partial charge in [0.05, 0.1) is 0 Å². The smallest absolute Gasteiger partial charge is 0.0623 e. The molecule has 0 radical (unpaired) electrons. The number of benzene rings is 3. The molecule has 1 saturated heterocycles. The molecule has 0 unspecified atom stereocenters. The Kier molecular flexibility index (Phi) is 11.7. The van der Waals surface area contributed by atoms with Gasteiger partial charge in [-0.25, -0.2) is 24.6 Å². The largest absolute Gasteiger partial charge is 0.243 e. The standard InChI is InChI=1S/C27H38N2.C9H8Cl.Pd/c1-18(2)22-11-9-13-24(26(22)20(5)6)28-15-16-29(17-28)25-14-10-12-23(19(3)4)27(25)21(7)8;1-2-9(10)8-6-4-3-5-7-8;/h9-14,18-21H,15-16H2,1-8H3;2-7H,1H2;/q;-1;. The fourth-order valence-electron chi connectivity index (χ4n) is 5.53. The average Bonchev–Trinajstić information content (AvgIpc) is 3.32. The van der Waals surface area contributed by atoms with Crippen LogP contribution in [-0.4, -0.2) is 17.3 Å². The second kappa shape index (κ2) is 14.5. The number of rotatable bonds is 7. The fourth-order valence-corrected chi connectivity index (χ4v) is 6.38. The van der Waals surface area contributed by atoms with Gasteiger partial charge in [0.25, 0.3) is 0 Å². The Balaban J connectivity index is 0.000000371. The van der Waals surface area contributed by atoms with E-state index in [1.807, 2.05) is 30.3 Å². The van der Waals surface area contributed by atoms with Gasteiger partial charge >= 0.3 is 195 Å². The Bertz CT molecular complexity index is 1230. The molecule has 0 saturated carbocycles. The summed E-state index contributed by atoms with van der Waals surface area (Å²) in [5.74, 6) is 2.04. The van der Waals surface area contributed by atoms with Gasteiger partial charge in [0, 0.05) is 0 Å². The molecule has 1 fully saturated rings. The minimum Gasteiger partial charge on any atom is -0.243 e. The molecule has 1 heterocycles. The van der Waals surface area contributed by atoms with E-state index in [0.717, 1.165) is 18.7 Å². The second-order valence-electron chi connectivity index (χ2n) is 11.6. The second-order valence-corrected chi connectivity index (χ2v) is 12.7. The molecule has 0 atom stereocenters. The van der Waals surface area contributed by atoms with Crippen molar-refractivity contribution in [1.82, 2.24) is 0 Å². The Labute approximate surface area is 259 Å². The van der Waals surface area contributed by atoms with Crippen molar-refractivity contribution < 1.29 is 18.7 Å². The first-order chi connectivity index (χ1) is 19.0. The van der Waals surface area contributed by atoms with E-state index in [-0.39, 0.29) is 0 Å². The van der Waals surface area contributed by atoms with Crippen molar-refractivity contribution in [2.75, 3.05) is 22.9 Å². The van der Waals surface area contributed by atoms with Gasteiger partial charge in [-0.3, -0.25) is 0 Å². The average molecular weight is 649 g/mol. The summed E-state index contributed by atoms with van der Waals surface area (Å²) in [4.78, 5) is 4.96. The summed E-state index contributed by atoms with van der Waals surface area (Å²) in [7, 11) is 0. The summed E-state index contributed by atoms with van der Waals surface area (Å²) >= 11 is 9.45. The quantitative estimate of drug-likeness (QED) is 0.186. The van der Waals surface area contributed by atoms with E-state index in [2.05, 4.69) is 127 Å². The van der Waals surface area contributed by atoms with Crippen molar-refractivity contribution in [3.63, 3.8) is 0 Å². The van der Waals surface area contributed by atoms with Gasteiger partial charge in [0.2, 0.25) is 0 Å². The molecule has 0 N–H and O–H groups in total. The molecule has 4 rings (SSSR count). The fraction of sp³-hybridized carbons (Fsp3) is 0.389. The van der Waals surface area contributed by atoms with Gasteiger partial charge in [-0.1, -0.05) is 35.9 Å². The zero-order chi connectivity index (χ0) is 29.6. The van der Waals surface area contributed by atoms with Gasteiger partial charge in [-0.05, 0) is 0 Å². The minimum atomic E-state index is 0.493. The molecule has 0 aliphatic carbocycles. The van der Waals surface area contributed by atoms with E-state index >= 15 is 0 Å². The van der Waals surface area contributed by atoms with Gasteiger partial charge in [0.1, 0.15) is 0 Å². The molecular weight excluding hydrogens is 602 g/mol. The van der Waals surface area contributed by atoms with Crippen molar-refractivity contribution >= 4 is 32.2 Å². The number of nitrogens with zero attached hydrogens (tertiary/aromatic N) is 2. The molecular formula is C36H46ClN2Pd-. The third-order valence-electron chi connectivity index (χ3n) is 7.40. The van der Waals surface area contributed by atoms with Gasteiger partial charge in [-0.15, -0.1) is 5.03 Å². The van der Waals surface area contributed by atoms with Crippen LogP contribution >= 0.6 is 11.6 Å². The summed E-state index contributed by atoms with van der Waals surface area (Å²) in [6, 6.07) is 23.4. The number of allylic oxidation sites excluding steroid dienone is 1. The first kappa shape index (κ1) is 32.2. The van der Waals surface area contributed by atoms with E-state index < -0.39 is 0 Å². The van der Waals surface area contributed by atoms with Crippen LogP contribution in [0, 0.1) is 6.92 Å². The van der Waals surface area contributed by atoms with E-state index in [4.69, 9.17) is 11.6 Å². The zero-order valence-corrected chi connectivity index (χ0v) is 27.8. The molecule has 40 heavy (non-hydrogen) atoms. The van der Waals surface area contributed by atoms with Crippen molar-refractivity contribution in [1.29, 1.82) is 0 Å². The molecule has 218 valence electrons. The van der Waals surface area contributed by atoms with Crippen molar-refractivity contribution in [3.05, 3.63) is 108 Å². The van der Waals surface area contributed by atoms with Gasteiger partial charge in [-0.2, -0.15) is 0 Å². The van der Waals surface area contributed by atoms with E-state index in [0.29, 0.717) is 28.7 Å². The molecule has 0 amide bonds. The van der Waals surface area contributed by atoms with E-state index in [1.54, 1.807) is 6.08 Å². The number of hydrogen-bond donors (Lipinski definition) is 0. The Morgan fingerprint density at radius 1 is 0.675 bits per heavy atom. The summed E-state index contributed by atoms with van der Waals surface area (Å²) < 4.78 is 1.20. The van der Waals surface area contributed by atoms with E-state index in [1.165, 1.54) is 37.9 Å². The van der Waals surface area contributed by atoms with Gasteiger partial charge in [0.15, 0.2) is 0 Å². The van der Waals surface area contributed by atoms with Crippen LogP contribution in [-0.2, 0) is 18.7 Å². The van der Waals surface area contributed by atoms with Crippen LogP contribution in [0.2, 0.25) is 0 Å². The molecule has 0 aromatic heterocycles. The summed E-state index contributed by atoms with van der Waals surface area (Å²) in [6.07, 6.45) is 1.64. The number of hydrogen-bond acceptors (Lipinski definition) is 2. The van der Waals surface area contributed by atoms with Crippen molar-refractivity contribution in [2.45, 2.75) is 79.1 Å². The van der Waals surface area contributed by atoms with Crippen LogP contribution in [0.4, 0.5) is 11.4 Å². The topological polar surface area (TPSA) is 6.48 Å². The summed E-state index contributed by atoms with van der Waals surface area (Å²) in [5.41, 5.74) is 9.62. The predicted molar refractivity (Wildman–Crippen MR) is 175 cm³/mol. The van der Waals surface area contributed by atoms with Crippen molar-refractivity contribution in [3.8, 4) is 0 Å². The third kappa shape index (κ3) is 7.30. The van der Waals surface area contributed by atoms with Crippen molar-refractivity contribution in [2.24, 2.45) is 0 Å². The maximum Gasteiger partial charge on any atom is -0.0623 e. The Morgan fingerprint density at radius 3 is 1.45 bits per heavy atom. The SMILES string of the molecule is CC(C)c1cccc(N2CCN(c3cccc(C(C)C)c3C(C)C)[C]2=[Pd])c1C(C)C.[CH2-]C=C(Cl)c1ccccc1. The zero-order valence-electron chi connectivity index (χ0n) is 25.4. The Morgan fingerprint density at radius 2 is 1.10 bits per heavy atom. The molecule has 1 aliphatic rings. The van der Waals surface area contributed by atoms with Crippen LogP contribution in [0.25, 0.3) is 5.03 Å². The molecule has 3 aromatic rings. The van der Waals surface area contributed by atoms with Crippen LogP contribution in [0.1, 0.15) is 107 Å². The summed E-state index contributed by atoms with van der Waals surface area (Å²) in [6.45, 7) is 24.0. The monoisotopic (exact) mass is 647 g/mol. The molecule has 4 heteroatoms. The van der Waals surface area contributed by atoms with Crippen LogP contribution in [0.5, 0.6) is 0 Å². The molecule has 0 spiro atoms. The van der Waals surface area contributed by atoms with E-state index in [9.17, 15) is 0 Å². The summed E-state index contributed by atoms with van der Waals surface area (Å²) in [5, 5.41) is 0.695. The molecule has 3 aromatic carbocycles. The molecule has 1 aliphatic heterocycles. The first-order valence-corrected chi connectivity index (χ1v) is 15.6. The number of halogens is 1. The normalized spacial score (nSPS) is 14.1.